The zero-order valence-corrected chi connectivity index (χ0v) is 13.4. The summed E-state index contributed by atoms with van der Waals surface area (Å²) in [4.78, 5) is 11.9. The van der Waals surface area contributed by atoms with Crippen molar-refractivity contribution in [2.75, 3.05) is 11.5 Å². The van der Waals surface area contributed by atoms with Gasteiger partial charge in [-0.25, -0.2) is 18.6 Å². The van der Waals surface area contributed by atoms with Crippen LogP contribution < -0.4 is 10.7 Å². The molecule has 0 radical (unpaired) electrons. The molecule has 6 nitrogen and oxygen atoms in total. The summed E-state index contributed by atoms with van der Waals surface area (Å²) in [6.07, 6.45) is 6.82. The lowest BCUT2D eigenvalue weighted by Crippen LogP contribution is -2.41. The number of rotatable bonds is 2. The molecule has 1 aliphatic heterocycles. The topological polar surface area (TPSA) is 87.6 Å². The third kappa shape index (κ3) is 2.53. The van der Waals surface area contributed by atoms with E-state index in [1.165, 1.54) is 25.7 Å². The first kappa shape index (κ1) is 14.5. The Bertz CT molecular complexity index is 616. The molecule has 3 saturated carbocycles. The van der Waals surface area contributed by atoms with Crippen LogP contribution in [0, 0.1) is 23.7 Å². The summed E-state index contributed by atoms with van der Waals surface area (Å²) in [6, 6.07) is -0.648. The Kier molecular flexibility index (Phi) is 3.43. The number of urea groups is 1. The fourth-order valence-electron chi connectivity index (χ4n) is 5.19. The van der Waals surface area contributed by atoms with Crippen molar-refractivity contribution in [2.24, 2.45) is 28.8 Å². The molecule has 4 fully saturated rings. The molecule has 7 heteroatoms. The number of carbonyl (C=O) groups is 1. The zero-order chi connectivity index (χ0) is 15.3. The molecule has 2 N–H and O–H groups in total. The summed E-state index contributed by atoms with van der Waals surface area (Å²) in [5.74, 6) is 3.26. The fraction of sp³-hybridized carbons (Fsp3) is 0.867. The molecule has 4 aliphatic rings. The first-order valence-electron chi connectivity index (χ1n) is 8.35. The maximum absolute atomic E-state index is 11.9. The van der Waals surface area contributed by atoms with E-state index in [0.717, 1.165) is 29.9 Å². The van der Waals surface area contributed by atoms with Crippen LogP contribution in [0.3, 0.4) is 0 Å². The molecule has 2 amide bonds. The highest BCUT2D eigenvalue weighted by Gasteiger charge is 2.52. The van der Waals surface area contributed by atoms with Crippen LogP contribution >= 0.6 is 0 Å². The summed E-state index contributed by atoms with van der Waals surface area (Å²) in [7, 11) is -2.97. The van der Waals surface area contributed by atoms with E-state index in [2.05, 4.69) is 15.8 Å². The Morgan fingerprint density at radius 1 is 1.18 bits per heavy atom. The van der Waals surface area contributed by atoms with E-state index in [1.54, 1.807) is 0 Å². The molecular formula is C15H23N3O3S. The summed E-state index contributed by atoms with van der Waals surface area (Å²) in [5.41, 5.74) is 3.74. The number of hydrogen-bond donors (Lipinski definition) is 2. The highest BCUT2D eigenvalue weighted by molar-refractivity contribution is 7.91. The molecule has 122 valence electrons. The number of nitrogens with zero attached hydrogens (tertiary/aromatic N) is 1. The third-order valence-corrected chi connectivity index (χ3v) is 7.84. The predicted molar refractivity (Wildman–Crippen MR) is 83.2 cm³/mol. The van der Waals surface area contributed by atoms with Crippen molar-refractivity contribution in [3.05, 3.63) is 0 Å². The van der Waals surface area contributed by atoms with Gasteiger partial charge in [0.25, 0.3) is 0 Å². The van der Waals surface area contributed by atoms with E-state index in [1.807, 2.05) is 0 Å². The standard InChI is InChI=1S/C15H23N3O3S/c19-15(16-10-4-5-22(20,21)8-10)18-17-14-7-9-6-13(14)12-3-1-2-11(9)12/h9-13H,1-8H2,(H2,16,18,19)/t9-,10-,11+,12-,13+/m1/s1. The minimum absolute atomic E-state index is 0.0471. The van der Waals surface area contributed by atoms with E-state index < -0.39 is 9.84 Å². The number of hydrazone groups is 1. The highest BCUT2D eigenvalue weighted by atomic mass is 32.2. The van der Waals surface area contributed by atoms with E-state index in [0.29, 0.717) is 12.3 Å². The van der Waals surface area contributed by atoms with Crippen molar-refractivity contribution < 1.29 is 13.2 Å². The summed E-state index contributed by atoms with van der Waals surface area (Å²) in [5, 5.41) is 7.06. The van der Waals surface area contributed by atoms with Crippen LogP contribution in [0.2, 0.25) is 0 Å². The smallest absolute Gasteiger partial charge is 0.333 e. The van der Waals surface area contributed by atoms with Gasteiger partial charge in [-0.1, -0.05) is 6.42 Å². The molecule has 0 aromatic rings. The lowest BCUT2D eigenvalue weighted by Gasteiger charge is -2.25. The maximum Gasteiger partial charge on any atom is 0.335 e. The summed E-state index contributed by atoms with van der Waals surface area (Å²) >= 11 is 0. The Hall–Kier alpha value is -1.11. The van der Waals surface area contributed by atoms with Gasteiger partial charge < -0.3 is 5.32 Å². The van der Waals surface area contributed by atoms with Gasteiger partial charge in [-0.2, -0.15) is 5.10 Å². The molecule has 0 aromatic heterocycles. The molecule has 5 atom stereocenters. The number of amides is 2. The van der Waals surface area contributed by atoms with Gasteiger partial charge in [-0.15, -0.1) is 0 Å². The minimum atomic E-state index is -2.97. The zero-order valence-electron chi connectivity index (χ0n) is 12.6. The molecule has 0 aromatic carbocycles. The van der Waals surface area contributed by atoms with Gasteiger partial charge in [0.2, 0.25) is 0 Å². The average Bonchev–Trinajstić information content (AvgIpc) is 3.17. The maximum atomic E-state index is 11.9. The predicted octanol–water partition coefficient (Wildman–Crippen LogP) is 1.28. The van der Waals surface area contributed by atoms with Crippen LogP contribution in [-0.2, 0) is 9.84 Å². The first-order chi connectivity index (χ1) is 10.5. The molecule has 3 aliphatic carbocycles. The van der Waals surface area contributed by atoms with Crippen molar-refractivity contribution in [1.82, 2.24) is 10.7 Å². The lowest BCUT2D eigenvalue weighted by molar-refractivity contribution is 0.238. The second-order valence-electron chi connectivity index (χ2n) is 7.35. The quantitative estimate of drug-likeness (QED) is 0.750. The van der Waals surface area contributed by atoms with E-state index >= 15 is 0 Å². The number of carbonyl (C=O) groups excluding carboxylic acids is 1. The molecular weight excluding hydrogens is 302 g/mol. The SMILES string of the molecule is O=C(NN=C1C[C@H]2C[C@H]1[C@@H]1CCC[C@@H]21)N[C@@H]1CCS(=O)(=O)C1. The van der Waals surface area contributed by atoms with Gasteiger partial charge in [-0.3, -0.25) is 0 Å². The van der Waals surface area contributed by atoms with Crippen molar-refractivity contribution >= 4 is 21.6 Å². The largest absolute Gasteiger partial charge is 0.335 e. The molecule has 2 bridgehead atoms. The fourth-order valence-corrected chi connectivity index (χ4v) is 6.87. The Balaban J connectivity index is 1.32. The van der Waals surface area contributed by atoms with Crippen molar-refractivity contribution in [3.63, 3.8) is 0 Å². The Morgan fingerprint density at radius 2 is 2.00 bits per heavy atom. The third-order valence-electron chi connectivity index (χ3n) is 6.07. The molecule has 1 saturated heterocycles. The van der Waals surface area contributed by atoms with Gasteiger partial charge in [0.15, 0.2) is 9.84 Å². The minimum Gasteiger partial charge on any atom is -0.333 e. The first-order valence-corrected chi connectivity index (χ1v) is 10.2. The van der Waals surface area contributed by atoms with Crippen LogP contribution in [0.15, 0.2) is 5.10 Å². The van der Waals surface area contributed by atoms with Gasteiger partial charge in [0.05, 0.1) is 11.5 Å². The van der Waals surface area contributed by atoms with Gasteiger partial charge in [-0.05, 0) is 49.9 Å². The number of fused-ring (bicyclic) bond motifs is 5. The monoisotopic (exact) mass is 325 g/mol. The van der Waals surface area contributed by atoms with Gasteiger partial charge in [0, 0.05) is 17.7 Å². The van der Waals surface area contributed by atoms with Crippen molar-refractivity contribution in [2.45, 2.75) is 44.6 Å². The van der Waals surface area contributed by atoms with Crippen molar-refractivity contribution in [3.8, 4) is 0 Å². The Labute approximate surface area is 131 Å². The Morgan fingerprint density at radius 3 is 2.77 bits per heavy atom. The van der Waals surface area contributed by atoms with Crippen LogP contribution in [0.1, 0.15) is 38.5 Å². The van der Waals surface area contributed by atoms with Gasteiger partial charge >= 0.3 is 6.03 Å². The number of sulfone groups is 1. The summed E-state index contributed by atoms with van der Waals surface area (Å²) < 4.78 is 22.8. The molecule has 1 heterocycles. The molecule has 22 heavy (non-hydrogen) atoms. The van der Waals surface area contributed by atoms with Crippen LogP contribution in [0.4, 0.5) is 4.79 Å². The van der Waals surface area contributed by atoms with Crippen molar-refractivity contribution in [1.29, 1.82) is 0 Å². The van der Waals surface area contributed by atoms with Crippen LogP contribution in [0.5, 0.6) is 0 Å². The second kappa shape index (κ2) is 5.22. The molecule has 0 spiro atoms. The van der Waals surface area contributed by atoms with Crippen LogP contribution in [-0.4, -0.2) is 37.7 Å². The van der Waals surface area contributed by atoms with Crippen LogP contribution in [0.25, 0.3) is 0 Å². The highest BCUT2D eigenvalue weighted by Crippen LogP contribution is 2.57. The average molecular weight is 325 g/mol. The number of hydrogen-bond acceptors (Lipinski definition) is 4. The molecule has 0 unspecified atom stereocenters. The van der Waals surface area contributed by atoms with Gasteiger partial charge in [0.1, 0.15) is 0 Å². The lowest BCUT2D eigenvalue weighted by atomic mass is 9.81. The van der Waals surface area contributed by atoms with E-state index in [-0.39, 0.29) is 23.6 Å². The molecule has 4 rings (SSSR count). The summed E-state index contributed by atoms with van der Waals surface area (Å²) in [6.45, 7) is 0. The number of nitrogens with one attached hydrogen (secondary N) is 2. The second-order valence-corrected chi connectivity index (χ2v) is 9.58. The van der Waals surface area contributed by atoms with E-state index in [9.17, 15) is 13.2 Å². The van der Waals surface area contributed by atoms with E-state index in [4.69, 9.17) is 0 Å². The normalized spacial score (nSPS) is 43.5.